The minimum atomic E-state index is -0.254. The molecular weight excluding hydrogens is 316 g/mol. The van der Waals surface area contributed by atoms with Gasteiger partial charge in [-0.2, -0.15) is 0 Å². The van der Waals surface area contributed by atoms with Crippen LogP contribution in [0.1, 0.15) is 57.4 Å². The lowest BCUT2D eigenvalue weighted by atomic mass is 10.0. The third-order valence-corrected chi connectivity index (χ3v) is 4.72. The maximum Gasteiger partial charge on any atom is 0.305 e. The highest BCUT2D eigenvalue weighted by Crippen LogP contribution is 2.20. The summed E-state index contributed by atoms with van der Waals surface area (Å²) in [5.74, 6) is 0.406. The van der Waals surface area contributed by atoms with E-state index in [1.807, 2.05) is 4.90 Å². The van der Waals surface area contributed by atoms with E-state index < -0.39 is 0 Å². The van der Waals surface area contributed by atoms with Crippen molar-refractivity contribution in [2.45, 2.75) is 57.9 Å². The van der Waals surface area contributed by atoms with Crippen molar-refractivity contribution in [2.24, 2.45) is 0 Å². The number of nitrogens with zero attached hydrogens (tertiary/aromatic N) is 1. The molecule has 0 radical (unpaired) electrons. The highest BCUT2D eigenvalue weighted by molar-refractivity contribution is 5.77. The molecule has 5 heteroatoms. The van der Waals surface area contributed by atoms with E-state index >= 15 is 0 Å². The van der Waals surface area contributed by atoms with Gasteiger partial charge in [-0.25, -0.2) is 0 Å². The molecule has 1 aliphatic heterocycles. The van der Waals surface area contributed by atoms with Crippen molar-refractivity contribution >= 4 is 17.6 Å². The number of ether oxygens (including phenoxy) is 1. The number of carbonyl (C=O) groups excluding carboxylic acids is 2. The largest absolute Gasteiger partial charge is 0.469 e. The Labute approximate surface area is 150 Å². The summed E-state index contributed by atoms with van der Waals surface area (Å²) in [6.07, 6.45) is 3.34. The minimum Gasteiger partial charge on any atom is -0.469 e. The number of likely N-dealkylation sites (tertiary alicyclic amines) is 1. The molecule has 1 aliphatic rings. The van der Waals surface area contributed by atoms with Crippen LogP contribution < -0.4 is 5.32 Å². The van der Waals surface area contributed by atoms with Gasteiger partial charge in [-0.05, 0) is 42.9 Å². The molecule has 1 N–H and O–H groups in total. The first-order chi connectivity index (χ1) is 12.0. The number of carbonyl (C=O) groups is 2. The number of hydrogen-bond acceptors (Lipinski definition) is 4. The molecule has 0 bridgehead atoms. The Kier molecular flexibility index (Phi) is 7.29. The number of amides is 1. The summed E-state index contributed by atoms with van der Waals surface area (Å²) in [4.78, 5) is 25.4. The lowest BCUT2D eigenvalue weighted by Crippen LogP contribution is -2.45. The maximum absolute atomic E-state index is 12.3. The number of anilines is 1. The number of rotatable bonds is 7. The molecule has 2 rings (SSSR count). The smallest absolute Gasteiger partial charge is 0.305 e. The third-order valence-electron chi connectivity index (χ3n) is 4.72. The fraction of sp³-hybridized carbons (Fsp3) is 0.600. The van der Waals surface area contributed by atoms with Gasteiger partial charge in [0.2, 0.25) is 5.91 Å². The van der Waals surface area contributed by atoms with Crippen molar-refractivity contribution in [2.75, 3.05) is 25.5 Å². The monoisotopic (exact) mass is 346 g/mol. The van der Waals surface area contributed by atoms with Crippen LogP contribution in [0.5, 0.6) is 0 Å². The highest BCUT2D eigenvalue weighted by atomic mass is 16.5. The molecule has 1 fully saturated rings. The predicted molar refractivity (Wildman–Crippen MR) is 99.6 cm³/mol. The van der Waals surface area contributed by atoms with Gasteiger partial charge < -0.3 is 15.0 Å². The molecule has 1 amide bonds. The number of piperidine rings is 1. The fourth-order valence-corrected chi connectivity index (χ4v) is 3.17. The van der Waals surface area contributed by atoms with Crippen molar-refractivity contribution < 1.29 is 14.3 Å². The minimum absolute atomic E-state index is 0.130. The van der Waals surface area contributed by atoms with Crippen LogP contribution in [0.2, 0.25) is 0 Å². The van der Waals surface area contributed by atoms with E-state index in [1.165, 1.54) is 12.7 Å². The molecule has 25 heavy (non-hydrogen) atoms. The van der Waals surface area contributed by atoms with Crippen LogP contribution in [0.25, 0.3) is 0 Å². The Balaban J connectivity index is 1.81. The summed E-state index contributed by atoms with van der Waals surface area (Å²) in [7, 11) is 1.37. The van der Waals surface area contributed by atoms with Gasteiger partial charge in [-0.15, -0.1) is 0 Å². The Morgan fingerprint density at radius 2 is 1.96 bits per heavy atom. The first-order valence-electron chi connectivity index (χ1n) is 9.20. The SMILES string of the molecule is COC(=O)CCCC(=O)N1CCC[C@@H](Nc2ccc(C(C)C)cc2)C1. The molecule has 0 aromatic heterocycles. The molecule has 0 aliphatic carbocycles. The number of methoxy groups -OCH3 is 1. The van der Waals surface area contributed by atoms with Crippen molar-refractivity contribution in [1.29, 1.82) is 0 Å². The second-order valence-corrected chi connectivity index (χ2v) is 7.03. The van der Waals surface area contributed by atoms with Gasteiger partial charge in [0.15, 0.2) is 0 Å². The van der Waals surface area contributed by atoms with Gasteiger partial charge >= 0.3 is 5.97 Å². The van der Waals surface area contributed by atoms with Gasteiger partial charge in [0, 0.05) is 37.7 Å². The summed E-state index contributed by atoms with van der Waals surface area (Å²) < 4.78 is 4.61. The molecule has 1 heterocycles. The second kappa shape index (κ2) is 9.44. The van der Waals surface area contributed by atoms with E-state index in [0.29, 0.717) is 25.2 Å². The first kappa shape index (κ1) is 19.3. The van der Waals surface area contributed by atoms with Crippen molar-refractivity contribution in [3.8, 4) is 0 Å². The summed E-state index contributed by atoms with van der Waals surface area (Å²) in [6, 6.07) is 8.83. The highest BCUT2D eigenvalue weighted by Gasteiger charge is 2.23. The molecule has 1 atom stereocenters. The van der Waals surface area contributed by atoms with Gasteiger partial charge in [0.05, 0.1) is 7.11 Å². The molecule has 1 saturated heterocycles. The van der Waals surface area contributed by atoms with Gasteiger partial charge in [-0.3, -0.25) is 9.59 Å². The molecule has 1 aromatic carbocycles. The normalized spacial score (nSPS) is 17.4. The molecule has 138 valence electrons. The average Bonchev–Trinajstić information content (AvgIpc) is 2.62. The topological polar surface area (TPSA) is 58.6 Å². The zero-order valence-corrected chi connectivity index (χ0v) is 15.6. The zero-order valence-electron chi connectivity index (χ0n) is 15.6. The number of benzene rings is 1. The van der Waals surface area contributed by atoms with E-state index in [1.54, 1.807) is 0 Å². The second-order valence-electron chi connectivity index (χ2n) is 7.03. The quantitative estimate of drug-likeness (QED) is 0.767. The Hall–Kier alpha value is -2.04. The Bertz CT molecular complexity index is 569. The van der Waals surface area contributed by atoms with Gasteiger partial charge in [0.1, 0.15) is 0 Å². The van der Waals surface area contributed by atoms with Crippen molar-refractivity contribution in [1.82, 2.24) is 4.90 Å². The summed E-state index contributed by atoms with van der Waals surface area (Å²) in [5.41, 5.74) is 2.44. The van der Waals surface area contributed by atoms with Crippen LogP contribution in [0, 0.1) is 0 Å². The molecule has 0 saturated carbocycles. The van der Waals surface area contributed by atoms with Crippen molar-refractivity contribution in [3.05, 3.63) is 29.8 Å². The third kappa shape index (κ3) is 6.07. The van der Waals surface area contributed by atoms with Crippen LogP contribution in [-0.4, -0.2) is 43.0 Å². The van der Waals surface area contributed by atoms with E-state index in [9.17, 15) is 9.59 Å². The van der Waals surface area contributed by atoms with E-state index in [4.69, 9.17) is 0 Å². The van der Waals surface area contributed by atoms with Crippen LogP contribution in [-0.2, 0) is 14.3 Å². The lowest BCUT2D eigenvalue weighted by Gasteiger charge is -2.34. The molecule has 0 spiro atoms. The fourth-order valence-electron chi connectivity index (χ4n) is 3.17. The summed E-state index contributed by atoms with van der Waals surface area (Å²) in [6.45, 7) is 5.91. The molecule has 1 aromatic rings. The molecule has 5 nitrogen and oxygen atoms in total. The standard InChI is InChI=1S/C20H30N2O3/c1-15(2)16-9-11-17(12-10-16)21-18-6-5-13-22(14-18)19(23)7-4-8-20(24)25-3/h9-12,15,18,21H,4-8,13-14H2,1-3H3/t18-/m1/s1. The summed E-state index contributed by atoms with van der Waals surface area (Å²) in [5, 5.41) is 3.55. The van der Waals surface area contributed by atoms with Crippen LogP contribution >= 0.6 is 0 Å². The van der Waals surface area contributed by atoms with Gasteiger partial charge in [0.25, 0.3) is 0 Å². The Morgan fingerprint density at radius 3 is 2.60 bits per heavy atom. The van der Waals surface area contributed by atoms with Crippen molar-refractivity contribution in [3.63, 3.8) is 0 Å². The zero-order chi connectivity index (χ0) is 18.2. The molecular formula is C20H30N2O3. The van der Waals surface area contributed by atoms with E-state index in [2.05, 4.69) is 48.2 Å². The average molecular weight is 346 g/mol. The van der Waals surface area contributed by atoms with Crippen LogP contribution in [0.3, 0.4) is 0 Å². The number of nitrogens with one attached hydrogen (secondary N) is 1. The predicted octanol–water partition coefficient (Wildman–Crippen LogP) is 3.56. The maximum atomic E-state index is 12.3. The first-order valence-corrected chi connectivity index (χ1v) is 9.20. The molecule has 0 unspecified atom stereocenters. The summed E-state index contributed by atoms with van der Waals surface area (Å²) >= 11 is 0. The number of hydrogen-bond donors (Lipinski definition) is 1. The van der Waals surface area contributed by atoms with Gasteiger partial charge in [-0.1, -0.05) is 26.0 Å². The number of esters is 1. The lowest BCUT2D eigenvalue weighted by molar-refractivity contribution is -0.141. The van der Waals surface area contributed by atoms with Crippen LogP contribution in [0.15, 0.2) is 24.3 Å². The van der Waals surface area contributed by atoms with E-state index in [-0.39, 0.29) is 17.9 Å². The van der Waals surface area contributed by atoms with E-state index in [0.717, 1.165) is 31.6 Å². The Morgan fingerprint density at radius 1 is 1.24 bits per heavy atom. The van der Waals surface area contributed by atoms with Crippen LogP contribution in [0.4, 0.5) is 5.69 Å².